The van der Waals surface area contributed by atoms with Crippen molar-refractivity contribution in [3.05, 3.63) is 29.6 Å². The largest absolute Gasteiger partial charge is 0.371 e. The molecule has 1 heterocycles. The quantitative estimate of drug-likeness (QED) is 0.686. The van der Waals surface area contributed by atoms with Crippen LogP contribution in [0.4, 0.5) is 18.9 Å². The number of nitrogens with one attached hydrogen (secondary N) is 1. The average Bonchev–Trinajstić information content (AvgIpc) is 2.69. The lowest BCUT2D eigenvalue weighted by Gasteiger charge is -2.22. The lowest BCUT2D eigenvalue weighted by molar-refractivity contribution is -0.140. The van der Waals surface area contributed by atoms with Gasteiger partial charge in [0.2, 0.25) is 5.91 Å². The minimum absolute atomic E-state index is 0.166. The van der Waals surface area contributed by atoms with Gasteiger partial charge in [-0.05, 0) is 13.3 Å². The van der Waals surface area contributed by atoms with Crippen molar-refractivity contribution in [3.63, 3.8) is 0 Å². The molecule has 7 heteroatoms. The molecular weight excluding hydrogens is 285 g/mol. The first-order valence-corrected chi connectivity index (χ1v) is 6.62. The van der Waals surface area contributed by atoms with Gasteiger partial charge in [-0.2, -0.15) is 0 Å². The van der Waals surface area contributed by atoms with E-state index in [-0.39, 0.29) is 18.4 Å². The molecule has 4 nitrogen and oxygen atoms in total. The Morgan fingerprint density at radius 3 is 2.62 bits per heavy atom. The third kappa shape index (κ3) is 2.86. The molecular formula is C14H15F3N2O2. The molecule has 1 N–H and O–H groups in total. The minimum Gasteiger partial charge on any atom is -0.371 e. The van der Waals surface area contributed by atoms with E-state index in [4.69, 9.17) is 0 Å². The highest BCUT2D eigenvalue weighted by Crippen LogP contribution is 2.25. The van der Waals surface area contributed by atoms with E-state index in [0.717, 1.165) is 11.0 Å². The standard InChI is InChI=1S/C14H15F3N2O2/c1-3-7(2)19-12(20)6-11(14(19)21)18-10-5-8(15)4-9(16)13(10)17/h4-5,7,11,18H,3,6H2,1-2H3. The number of amides is 2. The Hall–Kier alpha value is -2.05. The van der Waals surface area contributed by atoms with E-state index in [2.05, 4.69) is 5.32 Å². The van der Waals surface area contributed by atoms with E-state index < -0.39 is 35.1 Å². The lowest BCUT2D eigenvalue weighted by atomic mass is 10.2. The fourth-order valence-corrected chi connectivity index (χ4v) is 2.26. The third-order valence-corrected chi connectivity index (χ3v) is 3.54. The van der Waals surface area contributed by atoms with Gasteiger partial charge < -0.3 is 5.32 Å². The molecule has 1 fully saturated rings. The molecule has 114 valence electrons. The molecule has 1 aromatic rings. The molecule has 2 unspecified atom stereocenters. The maximum atomic E-state index is 13.6. The first-order chi connectivity index (χ1) is 9.85. The summed E-state index contributed by atoms with van der Waals surface area (Å²) in [6, 6.07) is -0.122. The predicted octanol–water partition coefficient (Wildman–Crippen LogP) is 2.44. The first-order valence-electron chi connectivity index (χ1n) is 6.62. The summed E-state index contributed by atoms with van der Waals surface area (Å²) in [4.78, 5) is 25.1. The number of imide groups is 1. The SMILES string of the molecule is CCC(C)N1C(=O)CC(Nc2cc(F)cc(F)c2F)C1=O. The second-order valence-electron chi connectivity index (χ2n) is 5.01. The van der Waals surface area contributed by atoms with Crippen LogP contribution in [-0.4, -0.2) is 28.8 Å². The topological polar surface area (TPSA) is 49.4 Å². The van der Waals surface area contributed by atoms with E-state index in [1.54, 1.807) is 6.92 Å². The van der Waals surface area contributed by atoms with Crippen molar-refractivity contribution in [2.75, 3.05) is 5.32 Å². The molecule has 1 aromatic carbocycles. The van der Waals surface area contributed by atoms with Gasteiger partial charge in [0, 0.05) is 18.2 Å². The summed E-state index contributed by atoms with van der Waals surface area (Å²) in [6.07, 6.45) is 0.425. The van der Waals surface area contributed by atoms with Crippen LogP contribution in [0.15, 0.2) is 12.1 Å². The summed E-state index contributed by atoms with van der Waals surface area (Å²) < 4.78 is 39.8. The highest BCUT2D eigenvalue weighted by atomic mass is 19.2. The van der Waals surface area contributed by atoms with Gasteiger partial charge in [-0.25, -0.2) is 13.2 Å². The van der Waals surface area contributed by atoms with Crippen molar-refractivity contribution in [2.24, 2.45) is 0 Å². The number of carbonyl (C=O) groups is 2. The molecule has 0 spiro atoms. The summed E-state index contributed by atoms with van der Waals surface area (Å²) in [7, 11) is 0. The summed E-state index contributed by atoms with van der Waals surface area (Å²) in [6.45, 7) is 3.55. The zero-order valence-corrected chi connectivity index (χ0v) is 11.6. The van der Waals surface area contributed by atoms with Crippen molar-refractivity contribution in [3.8, 4) is 0 Å². The number of hydrogen-bond donors (Lipinski definition) is 1. The monoisotopic (exact) mass is 300 g/mol. The molecule has 2 rings (SSSR count). The number of likely N-dealkylation sites (tertiary alicyclic amines) is 1. The Kier molecular flexibility index (Phi) is 4.20. The summed E-state index contributed by atoms with van der Waals surface area (Å²) in [5.41, 5.74) is -0.468. The third-order valence-electron chi connectivity index (χ3n) is 3.54. The zero-order valence-electron chi connectivity index (χ0n) is 11.6. The molecule has 0 aliphatic carbocycles. The number of anilines is 1. The fourth-order valence-electron chi connectivity index (χ4n) is 2.26. The van der Waals surface area contributed by atoms with E-state index in [1.807, 2.05) is 6.92 Å². The normalized spacial score (nSPS) is 20.0. The maximum Gasteiger partial charge on any atom is 0.252 e. The van der Waals surface area contributed by atoms with Crippen molar-refractivity contribution in [1.82, 2.24) is 4.90 Å². The van der Waals surface area contributed by atoms with Crippen LogP contribution in [0.2, 0.25) is 0 Å². The number of nitrogens with zero attached hydrogens (tertiary/aromatic N) is 1. The van der Waals surface area contributed by atoms with E-state index >= 15 is 0 Å². The lowest BCUT2D eigenvalue weighted by Crippen LogP contribution is -2.40. The second kappa shape index (κ2) is 5.75. The van der Waals surface area contributed by atoms with Gasteiger partial charge in [-0.3, -0.25) is 14.5 Å². The number of benzene rings is 1. The number of rotatable bonds is 4. The second-order valence-corrected chi connectivity index (χ2v) is 5.01. The van der Waals surface area contributed by atoms with Crippen molar-refractivity contribution in [2.45, 2.75) is 38.8 Å². The average molecular weight is 300 g/mol. The van der Waals surface area contributed by atoms with Crippen LogP contribution in [-0.2, 0) is 9.59 Å². The molecule has 0 aromatic heterocycles. The van der Waals surface area contributed by atoms with Gasteiger partial charge in [-0.15, -0.1) is 0 Å². The number of halogens is 3. The Morgan fingerprint density at radius 2 is 2.00 bits per heavy atom. The van der Waals surface area contributed by atoms with Crippen molar-refractivity contribution < 1.29 is 22.8 Å². The fraction of sp³-hybridized carbons (Fsp3) is 0.429. The van der Waals surface area contributed by atoms with Crippen LogP contribution in [0.5, 0.6) is 0 Å². The van der Waals surface area contributed by atoms with Gasteiger partial charge in [0.1, 0.15) is 11.9 Å². The molecule has 0 saturated carbocycles. The van der Waals surface area contributed by atoms with Gasteiger partial charge in [0.15, 0.2) is 11.6 Å². The van der Waals surface area contributed by atoms with Gasteiger partial charge >= 0.3 is 0 Å². The summed E-state index contributed by atoms with van der Waals surface area (Å²) in [5, 5.41) is 2.41. The molecule has 21 heavy (non-hydrogen) atoms. The minimum atomic E-state index is -1.35. The van der Waals surface area contributed by atoms with E-state index in [0.29, 0.717) is 12.5 Å². The highest BCUT2D eigenvalue weighted by molar-refractivity contribution is 6.07. The van der Waals surface area contributed by atoms with Gasteiger partial charge in [0.25, 0.3) is 5.91 Å². The first kappa shape index (κ1) is 15.3. The van der Waals surface area contributed by atoms with E-state index in [9.17, 15) is 22.8 Å². The Morgan fingerprint density at radius 1 is 1.33 bits per heavy atom. The maximum absolute atomic E-state index is 13.6. The molecule has 1 saturated heterocycles. The molecule has 0 radical (unpaired) electrons. The molecule has 2 amide bonds. The highest BCUT2D eigenvalue weighted by Gasteiger charge is 2.40. The molecule has 2 atom stereocenters. The van der Waals surface area contributed by atoms with Crippen molar-refractivity contribution >= 4 is 17.5 Å². The molecule has 1 aliphatic heterocycles. The van der Waals surface area contributed by atoms with Gasteiger partial charge in [0.05, 0.1) is 12.1 Å². The van der Waals surface area contributed by atoms with Crippen molar-refractivity contribution in [1.29, 1.82) is 0 Å². The van der Waals surface area contributed by atoms with E-state index in [1.165, 1.54) is 0 Å². The predicted molar refractivity (Wildman–Crippen MR) is 69.9 cm³/mol. The van der Waals surface area contributed by atoms with Crippen LogP contribution in [0, 0.1) is 17.5 Å². The van der Waals surface area contributed by atoms with Crippen LogP contribution < -0.4 is 5.32 Å². The van der Waals surface area contributed by atoms with Crippen LogP contribution in [0.25, 0.3) is 0 Å². The number of carbonyl (C=O) groups excluding carboxylic acids is 2. The zero-order chi connectivity index (χ0) is 15.7. The van der Waals surface area contributed by atoms with Crippen LogP contribution in [0.3, 0.4) is 0 Å². The Balaban J connectivity index is 2.22. The number of hydrogen-bond acceptors (Lipinski definition) is 3. The van der Waals surface area contributed by atoms with Crippen LogP contribution in [0.1, 0.15) is 26.7 Å². The summed E-state index contributed by atoms with van der Waals surface area (Å²) in [5.74, 6) is -4.50. The van der Waals surface area contributed by atoms with Gasteiger partial charge in [-0.1, -0.05) is 6.92 Å². The van der Waals surface area contributed by atoms with Crippen LogP contribution >= 0.6 is 0 Å². The molecule has 1 aliphatic rings. The Labute approximate surface area is 119 Å². The summed E-state index contributed by atoms with van der Waals surface area (Å²) >= 11 is 0. The smallest absolute Gasteiger partial charge is 0.252 e. The molecule has 0 bridgehead atoms. The Bertz CT molecular complexity index is 592.